The van der Waals surface area contributed by atoms with Gasteiger partial charge in [-0.15, -0.1) is 0 Å². The van der Waals surface area contributed by atoms with Gasteiger partial charge in [0.15, 0.2) is 0 Å². The van der Waals surface area contributed by atoms with Gasteiger partial charge in [0.25, 0.3) is 5.91 Å². The summed E-state index contributed by atoms with van der Waals surface area (Å²) in [5, 5.41) is 4.00. The van der Waals surface area contributed by atoms with Crippen LogP contribution in [0.15, 0.2) is 58.2 Å². The van der Waals surface area contributed by atoms with Crippen molar-refractivity contribution < 1.29 is 17.7 Å². The van der Waals surface area contributed by atoms with Gasteiger partial charge >= 0.3 is 0 Å². The fourth-order valence-electron chi connectivity index (χ4n) is 3.48. The van der Waals surface area contributed by atoms with Crippen molar-refractivity contribution in [2.24, 2.45) is 0 Å². The molecule has 4 rings (SSSR count). The monoisotopic (exact) mass is 441 g/mol. The normalized spacial score (nSPS) is 14.6. The van der Waals surface area contributed by atoms with E-state index < -0.39 is 10.0 Å². The Balaban J connectivity index is 1.39. The largest absolute Gasteiger partial charge is 0.339 e. The Hall–Kier alpha value is -3.11. The summed E-state index contributed by atoms with van der Waals surface area (Å²) in [6, 6.07) is 9.68. The third-order valence-corrected chi connectivity index (χ3v) is 7.41. The summed E-state index contributed by atoms with van der Waals surface area (Å²) in [7, 11) is -3.54. The first-order chi connectivity index (χ1) is 14.9. The van der Waals surface area contributed by atoms with E-state index in [9.17, 15) is 13.2 Å². The van der Waals surface area contributed by atoms with Crippen molar-refractivity contribution in [1.82, 2.24) is 24.3 Å². The van der Waals surface area contributed by atoms with Gasteiger partial charge in [0, 0.05) is 49.7 Å². The molecule has 0 saturated carbocycles. The van der Waals surface area contributed by atoms with Gasteiger partial charge in [-0.3, -0.25) is 9.78 Å². The average Bonchev–Trinajstić information content (AvgIpc) is 3.24. The van der Waals surface area contributed by atoms with Gasteiger partial charge in [0.05, 0.1) is 10.8 Å². The minimum Gasteiger partial charge on any atom is -0.339 e. The predicted octanol–water partition coefficient (Wildman–Crippen LogP) is 2.40. The van der Waals surface area contributed by atoms with Gasteiger partial charge in [0.1, 0.15) is 0 Å². The standard InChI is InChI=1S/C21H23N5O4S/c1-3-26(4-2)31(28,29)18-7-5-16(6-8-18)21(27)25-13-17(14-25)20-23-19(24-30-20)15-9-11-22-12-10-15/h5-12,17H,3-4,13-14H2,1-2H3. The summed E-state index contributed by atoms with van der Waals surface area (Å²) in [5.74, 6) is 0.815. The molecule has 0 radical (unpaired) electrons. The molecule has 0 atom stereocenters. The summed E-state index contributed by atoms with van der Waals surface area (Å²) in [4.78, 5) is 23.0. The van der Waals surface area contributed by atoms with E-state index in [0.29, 0.717) is 43.5 Å². The summed E-state index contributed by atoms with van der Waals surface area (Å²) in [6.07, 6.45) is 3.32. The van der Waals surface area contributed by atoms with Crippen molar-refractivity contribution in [3.05, 3.63) is 60.2 Å². The van der Waals surface area contributed by atoms with Crippen LogP contribution >= 0.6 is 0 Å². The van der Waals surface area contributed by atoms with Crippen LogP contribution in [0.5, 0.6) is 0 Å². The molecule has 0 aliphatic carbocycles. The number of carbonyl (C=O) groups is 1. The maximum absolute atomic E-state index is 12.7. The van der Waals surface area contributed by atoms with Gasteiger partial charge in [0.2, 0.25) is 21.7 Å². The predicted molar refractivity (Wildman–Crippen MR) is 113 cm³/mol. The number of amides is 1. The molecule has 3 aromatic rings. The molecule has 31 heavy (non-hydrogen) atoms. The van der Waals surface area contributed by atoms with E-state index in [1.807, 2.05) is 0 Å². The van der Waals surface area contributed by atoms with Crippen LogP contribution in [0.25, 0.3) is 11.4 Å². The zero-order valence-corrected chi connectivity index (χ0v) is 18.1. The first-order valence-electron chi connectivity index (χ1n) is 10.1. The molecule has 162 valence electrons. The Morgan fingerprint density at radius 2 is 1.74 bits per heavy atom. The second-order valence-electron chi connectivity index (χ2n) is 7.21. The third kappa shape index (κ3) is 4.08. The second-order valence-corrected chi connectivity index (χ2v) is 9.15. The quantitative estimate of drug-likeness (QED) is 0.554. The topological polar surface area (TPSA) is 110 Å². The molecule has 1 aromatic carbocycles. The highest BCUT2D eigenvalue weighted by atomic mass is 32.2. The van der Waals surface area contributed by atoms with E-state index in [1.54, 1.807) is 55.4 Å². The van der Waals surface area contributed by atoms with Crippen LogP contribution < -0.4 is 0 Å². The molecular formula is C21H23N5O4S. The van der Waals surface area contributed by atoms with Crippen LogP contribution in [0.1, 0.15) is 36.0 Å². The smallest absolute Gasteiger partial charge is 0.253 e. The Morgan fingerprint density at radius 3 is 2.35 bits per heavy atom. The number of rotatable bonds is 7. The summed E-state index contributed by atoms with van der Waals surface area (Å²) < 4.78 is 31.9. The maximum atomic E-state index is 12.7. The highest BCUT2D eigenvalue weighted by molar-refractivity contribution is 7.89. The summed E-state index contributed by atoms with van der Waals surface area (Å²) in [5.41, 5.74) is 1.26. The van der Waals surface area contributed by atoms with Gasteiger partial charge in [-0.2, -0.15) is 9.29 Å². The number of carbonyl (C=O) groups excluding carboxylic acids is 1. The molecule has 1 amide bonds. The molecule has 0 N–H and O–H groups in total. The lowest BCUT2D eigenvalue weighted by Crippen LogP contribution is -2.48. The van der Waals surface area contributed by atoms with Crippen LogP contribution in [0.4, 0.5) is 0 Å². The Bertz CT molecular complexity index is 1150. The summed E-state index contributed by atoms with van der Waals surface area (Å²) in [6.45, 7) is 5.32. The first-order valence-corrected chi connectivity index (χ1v) is 11.5. The van der Waals surface area contributed by atoms with Crippen LogP contribution in [-0.2, 0) is 10.0 Å². The highest BCUT2D eigenvalue weighted by Crippen LogP contribution is 2.29. The number of pyridine rings is 1. The highest BCUT2D eigenvalue weighted by Gasteiger charge is 2.36. The van der Waals surface area contributed by atoms with Crippen molar-refractivity contribution >= 4 is 15.9 Å². The molecule has 0 bridgehead atoms. The van der Waals surface area contributed by atoms with Gasteiger partial charge in [-0.05, 0) is 36.4 Å². The lowest BCUT2D eigenvalue weighted by molar-refractivity contribution is 0.0569. The molecule has 9 nitrogen and oxygen atoms in total. The fourth-order valence-corrected chi connectivity index (χ4v) is 4.94. The molecule has 10 heteroatoms. The molecule has 1 aliphatic heterocycles. The van der Waals surface area contributed by atoms with Crippen LogP contribution in [0, 0.1) is 0 Å². The summed E-state index contributed by atoms with van der Waals surface area (Å²) >= 11 is 0. The molecule has 0 unspecified atom stereocenters. The number of aromatic nitrogens is 3. The van der Waals surface area contributed by atoms with Crippen molar-refractivity contribution in [2.45, 2.75) is 24.7 Å². The molecule has 1 saturated heterocycles. The Kier molecular flexibility index (Phi) is 5.84. The number of hydrogen-bond donors (Lipinski definition) is 0. The lowest BCUT2D eigenvalue weighted by Gasteiger charge is -2.37. The Labute approximate surface area is 180 Å². The third-order valence-electron chi connectivity index (χ3n) is 5.34. The molecular weight excluding hydrogens is 418 g/mol. The van der Waals surface area contributed by atoms with Crippen LogP contribution in [0.3, 0.4) is 0 Å². The van der Waals surface area contributed by atoms with E-state index in [2.05, 4.69) is 15.1 Å². The SMILES string of the molecule is CCN(CC)S(=O)(=O)c1ccc(C(=O)N2CC(c3nc(-c4ccncc4)no3)C2)cc1. The van der Waals surface area contributed by atoms with Crippen LogP contribution in [-0.4, -0.2) is 64.8 Å². The minimum atomic E-state index is -3.54. The van der Waals surface area contributed by atoms with E-state index in [-0.39, 0.29) is 16.7 Å². The lowest BCUT2D eigenvalue weighted by atomic mass is 9.99. The molecule has 2 aromatic heterocycles. The average molecular weight is 442 g/mol. The van der Waals surface area contributed by atoms with E-state index >= 15 is 0 Å². The fraction of sp³-hybridized carbons (Fsp3) is 0.333. The van der Waals surface area contributed by atoms with Crippen molar-refractivity contribution in [3.63, 3.8) is 0 Å². The number of benzene rings is 1. The van der Waals surface area contributed by atoms with Gasteiger partial charge in [-0.25, -0.2) is 8.42 Å². The molecule has 3 heterocycles. The van der Waals surface area contributed by atoms with E-state index in [4.69, 9.17) is 4.52 Å². The van der Waals surface area contributed by atoms with Gasteiger partial charge in [-0.1, -0.05) is 19.0 Å². The van der Waals surface area contributed by atoms with Crippen molar-refractivity contribution in [2.75, 3.05) is 26.2 Å². The molecule has 0 spiro atoms. The van der Waals surface area contributed by atoms with E-state index in [0.717, 1.165) is 5.56 Å². The van der Waals surface area contributed by atoms with E-state index in [1.165, 1.54) is 16.4 Å². The molecule has 1 aliphatic rings. The van der Waals surface area contributed by atoms with Crippen molar-refractivity contribution in [1.29, 1.82) is 0 Å². The number of sulfonamides is 1. The number of likely N-dealkylation sites (tertiary alicyclic amines) is 1. The zero-order valence-electron chi connectivity index (χ0n) is 17.3. The Morgan fingerprint density at radius 1 is 1.10 bits per heavy atom. The van der Waals surface area contributed by atoms with Gasteiger partial charge < -0.3 is 9.42 Å². The van der Waals surface area contributed by atoms with Crippen LogP contribution in [0.2, 0.25) is 0 Å². The second kappa shape index (κ2) is 8.56. The number of hydrogen-bond acceptors (Lipinski definition) is 7. The van der Waals surface area contributed by atoms with Crippen molar-refractivity contribution in [3.8, 4) is 11.4 Å². The number of nitrogens with zero attached hydrogens (tertiary/aromatic N) is 5. The maximum Gasteiger partial charge on any atom is 0.253 e. The minimum absolute atomic E-state index is 0.0191. The first kappa shape index (κ1) is 21.1. The zero-order chi connectivity index (χ0) is 22.0. The molecule has 1 fully saturated rings.